The molecule has 2 aromatic heterocycles. The Hall–Kier alpha value is -1.34. The molecule has 3 rings (SSSR count). The summed E-state index contributed by atoms with van der Waals surface area (Å²) >= 11 is 3.11. The van der Waals surface area contributed by atoms with Gasteiger partial charge in [0.1, 0.15) is 0 Å². The second kappa shape index (κ2) is 5.11. The van der Waals surface area contributed by atoms with Gasteiger partial charge in [0.15, 0.2) is 10.3 Å². The second-order valence-electron chi connectivity index (χ2n) is 3.69. The minimum Gasteiger partial charge on any atom is -0.287 e. The molecular weight excluding hydrogens is 268 g/mol. The molecule has 3 heterocycles. The topological polar surface area (TPSA) is 60.7 Å². The summed E-state index contributed by atoms with van der Waals surface area (Å²) in [5.41, 5.74) is 0.827. The number of thioether (sulfide) groups is 2. The van der Waals surface area contributed by atoms with E-state index < -0.39 is 0 Å². The molecule has 0 spiro atoms. The Morgan fingerprint density at radius 3 is 3.06 bits per heavy atom. The first-order valence-electron chi connectivity index (χ1n) is 5.46. The quantitative estimate of drug-likeness (QED) is 0.625. The van der Waals surface area contributed by atoms with Gasteiger partial charge in [-0.05, 0) is 6.07 Å². The highest BCUT2D eigenvalue weighted by molar-refractivity contribution is 7.99. The molecule has 0 N–H and O–H groups in total. The fourth-order valence-electron chi connectivity index (χ4n) is 1.65. The SMILES string of the molecule is O=c1cc(CSc2ncccn2)nc2n1CCS2. The predicted octanol–water partition coefficient (Wildman–Crippen LogP) is 1.43. The van der Waals surface area contributed by atoms with E-state index in [9.17, 15) is 4.79 Å². The average Bonchev–Trinajstić information content (AvgIpc) is 2.86. The van der Waals surface area contributed by atoms with Crippen LogP contribution in [0.15, 0.2) is 39.6 Å². The molecule has 1 aliphatic rings. The number of rotatable bonds is 3. The van der Waals surface area contributed by atoms with Crippen molar-refractivity contribution < 1.29 is 0 Å². The summed E-state index contributed by atoms with van der Waals surface area (Å²) in [5.74, 6) is 1.55. The zero-order chi connectivity index (χ0) is 12.4. The maximum atomic E-state index is 11.8. The summed E-state index contributed by atoms with van der Waals surface area (Å²) in [7, 11) is 0. The molecule has 0 bridgehead atoms. The molecule has 0 saturated heterocycles. The van der Waals surface area contributed by atoms with Crippen LogP contribution in [0.25, 0.3) is 0 Å². The van der Waals surface area contributed by atoms with Crippen LogP contribution in [0.1, 0.15) is 5.69 Å². The fraction of sp³-hybridized carbons (Fsp3) is 0.273. The van der Waals surface area contributed by atoms with E-state index in [4.69, 9.17) is 0 Å². The van der Waals surface area contributed by atoms with Gasteiger partial charge in [-0.15, -0.1) is 0 Å². The van der Waals surface area contributed by atoms with Crippen molar-refractivity contribution in [1.82, 2.24) is 19.5 Å². The van der Waals surface area contributed by atoms with Crippen molar-refractivity contribution in [2.75, 3.05) is 5.75 Å². The number of hydrogen-bond donors (Lipinski definition) is 0. The van der Waals surface area contributed by atoms with Gasteiger partial charge >= 0.3 is 0 Å². The van der Waals surface area contributed by atoms with Gasteiger partial charge in [-0.25, -0.2) is 15.0 Å². The molecule has 0 unspecified atom stereocenters. The minimum atomic E-state index is 0.0366. The lowest BCUT2D eigenvalue weighted by atomic mass is 10.4. The zero-order valence-electron chi connectivity index (χ0n) is 9.44. The second-order valence-corrected chi connectivity index (χ2v) is 5.69. The van der Waals surface area contributed by atoms with E-state index in [1.807, 2.05) is 0 Å². The van der Waals surface area contributed by atoms with Crippen molar-refractivity contribution in [3.63, 3.8) is 0 Å². The van der Waals surface area contributed by atoms with E-state index in [2.05, 4.69) is 15.0 Å². The van der Waals surface area contributed by atoms with Gasteiger partial charge in [-0.1, -0.05) is 23.5 Å². The summed E-state index contributed by atoms with van der Waals surface area (Å²) in [6, 6.07) is 3.38. The Kier molecular flexibility index (Phi) is 3.33. The summed E-state index contributed by atoms with van der Waals surface area (Å²) < 4.78 is 1.72. The number of fused-ring (bicyclic) bond motifs is 1. The summed E-state index contributed by atoms with van der Waals surface area (Å²) in [4.78, 5) is 24.5. The molecule has 0 fully saturated rings. The van der Waals surface area contributed by atoms with Crippen molar-refractivity contribution in [3.8, 4) is 0 Å². The van der Waals surface area contributed by atoms with Crippen LogP contribution in [0.3, 0.4) is 0 Å². The highest BCUT2D eigenvalue weighted by Crippen LogP contribution is 2.23. The third-order valence-corrected chi connectivity index (χ3v) is 4.33. The zero-order valence-corrected chi connectivity index (χ0v) is 11.1. The van der Waals surface area contributed by atoms with Crippen LogP contribution in [0, 0.1) is 0 Å². The molecule has 2 aromatic rings. The van der Waals surface area contributed by atoms with Gasteiger partial charge < -0.3 is 0 Å². The Balaban J connectivity index is 1.78. The van der Waals surface area contributed by atoms with Gasteiger partial charge in [0, 0.05) is 36.5 Å². The van der Waals surface area contributed by atoms with E-state index in [1.165, 1.54) is 11.8 Å². The number of hydrogen-bond acceptors (Lipinski definition) is 6. The van der Waals surface area contributed by atoms with Gasteiger partial charge in [-0.3, -0.25) is 9.36 Å². The van der Waals surface area contributed by atoms with Crippen molar-refractivity contribution in [1.29, 1.82) is 0 Å². The lowest BCUT2D eigenvalue weighted by Crippen LogP contribution is -2.20. The highest BCUT2D eigenvalue weighted by Gasteiger charge is 2.15. The summed E-state index contributed by atoms with van der Waals surface area (Å²) in [6.07, 6.45) is 3.41. The standard InChI is InChI=1S/C11H10N4OS2/c16-9-6-8(14-11-15(9)4-5-17-11)7-18-10-12-2-1-3-13-10/h1-3,6H,4-5,7H2. The van der Waals surface area contributed by atoms with E-state index in [1.54, 1.807) is 40.9 Å². The molecule has 0 radical (unpaired) electrons. The van der Waals surface area contributed by atoms with Gasteiger partial charge in [0.2, 0.25) is 0 Å². The van der Waals surface area contributed by atoms with Gasteiger partial charge in [-0.2, -0.15) is 0 Å². The van der Waals surface area contributed by atoms with Crippen LogP contribution in [0.4, 0.5) is 0 Å². The van der Waals surface area contributed by atoms with E-state index in [-0.39, 0.29) is 5.56 Å². The van der Waals surface area contributed by atoms with E-state index in [0.29, 0.717) is 10.9 Å². The first kappa shape index (κ1) is 11.7. The first-order chi connectivity index (χ1) is 8.83. The minimum absolute atomic E-state index is 0.0366. The molecular formula is C11H10N4OS2. The molecule has 0 aromatic carbocycles. The highest BCUT2D eigenvalue weighted by atomic mass is 32.2. The summed E-state index contributed by atoms with van der Waals surface area (Å²) in [5, 5.41) is 1.53. The Labute approximate surface area is 112 Å². The van der Waals surface area contributed by atoms with Crippen molar-refractivity contribution in [2.24, 2.45) is 0 Å². The van der Waals surface area contributed by atoms with E-state index in [0.717, 1.165) is 23.1 Å². The molecule has 1 aliphatic heterocycles. The third-order valence-electron chi connectivity index (χ3n) is 2.46. The molecule has 0 amide bonds. The molecule has 0 atom stereocenters. The number of nitrogens with zero attached hydrogens (tertiary/aromatic N) is 4. The molecule has 0 aliphatic carbocycles. The van der Waals surface area contributed by atoms with Crippen LogP contribution in [0.5, 0.6) is 0 Å². The lowest BCUT2D eigenvalue weighted by molar-refractivity contribution is 0.648. The third kappa shape index (κ3) is 2.41. The molecule has 18 heavy (non-hydrogen) atoms. The average molecular weight is 278 g/mol. The fourth-order valence-corrected chi connectivity index (χ4v) is 3.32. The van der Waals surface area contributed by atoms with Gasteiger partial charge in [0.05, 0.1) is 5.69 Å². The van der Waals surface area contributed by atoms with Crippen LogP contribution in [-0.2, 0) is 12.3 Å². The van der Waals surface area contributed by atoms with Crippen LogP contribution in [-0.4, -0.2) is 25.3 Å². The first-order valence-corrected chi connectivity index (χ1v) is 7.43. The van der Waals surface area contributed by atoms with Crippen molar-refractivity contribution in [3.05, 3.63) is 40.6 Å². The Bertz CT molecular complexity index is 614. The Morgan fingerprint density at radius 2 is 2.22 bits per heavy atom. The number of aromatic nitrogens is 4. The van der Waals surface area contributed by atoms with Gasteiger partial charge in [0.25, 0.3) is 5.56 Å². The molecule has 92 valence electrons. The molecule has 5 nitrogen and oxygen atoms in total. The molecule has 0 saturated carbocycles. The summed E-state index contributed by atoms with van der Waals surface area (Å²) in [6.45, 7) is 0.765. The maximum Gasteiger partial charge on any atom is 0.254 e. The van der Waals surface area contributed by atoms with Crippen LogP contribution >= 0.6 is 23.5 Å². The molecule has 7 heteroatoms. The van der Waals surface area contributed by atoms with Crippen LogP contribution < -0.4 is 5.56 Å². The van der Waals surface area contributed by atoms with Crippen molar-refractivity contribution in [2.45, 2.75) is 22.6 Å². The smallest absolute Gasteiger partial charge is 0.254 e. The van der Waals surface area contributed by atoms with Crippen molar-refractivity contribution >= 4 is 23.5 Å². The maximum absolute atomic E-state index is 11.8. The van der Waals surface area contributed by atoms with Crippen LogP contribution in [0.2, 0.25) is 0 Å². The predicted molar refractivity (Wildman–Crippen MR) is 70.8 cm³/mol. The monoisotopic (exact) mass is 278 g/mol. The normalized spacial score (nSPS) is 13.6. The Morgan fingerprint density at radius 1 is 1.39 bits per heavy atom. The largest absolute Gasteiger partial charge is 0.287 e. The van der Waals surface area contributed by atoms with E-state index >= 15 is 0 Å². The lowest BCUT2D eigenvalue weighted by Gasteiger charge is -2.03.